The number of hydrogen-bond acceptors (Lipinski definition) is 6. The van der Waals surface area contributed by atoms with Crippen molar-refractivity contribution in [1.29, 1.82) is 0 Å². The van der Waals surface area contributed by atoms with Crippen molar-refractivity contribution in [1.82, 2.24) is 14.4 Å². The maximum Gasteiger partial charge on any atom is 0.232 e. The van der Waals surface area contributed by atoms with Gasteiger partial charge < -0.3 is 9.26 Å². The second-order valence-corrected chi connectivity index (χ2v) is 8.08. The molecule has 0 radical (unpaired) electrons. The number of hydrogen-bond donors (Lipinski definition) is 0. The van der Waals surface area contributed by atoms with Crippen LogP contribution in [0, 0.1) is 0 Å². The number of sulfonamides is 1. The fraction of sp³-hybridized carbons (Fsp3) is 0.467. The van der Waals surface area contributed by atoms with E-state index < -0.39 is 15.3 Å². The third kappa shape index (κ3) is 2.66. The van der Waals surface area contributed by atoms with E-state index in [1.807, 2.05) is 30.3 Å². The van der Waals surface area contributed by atoms with E-state index in [-0.39, 0.29) is 5.92 Å². The molecule has 0 spiro atoms. The Hall–Kier alpha value is -1.77. The summed E-state index contributed by atoms with van der Waals surface area (Å²) >= 11 is 0. The van der Waals surface area contributed by atoms with Crippen molar-refractivity contribution in [2.75, 3.05) is 26.3 Å². The summed E-state index contributed by atoms with van der Waals surface area (Å²) in [4.78, 5) is 4.39. The van der Waals surface area contributed by atoms with Gasteiger partial charge in [-0.3, -0.25) is 0 Å². The Labute approximate surface area is 134 Å². The Morgan fingerprint density at radius 1 is 1.17 bits per heavy atom. The van der Waals surface area contributed by atoms with Crippen LogP contribution in [-0.2, 0) is 14.8 Å². The molecule has 0 N–H and O–H groups in total. The first-order chi connectivity index (χ1) is 11.1. The topological polar surface area (TPSA) is 85.5 Å². The summed E-state index contributed by atoms with van der Waals surface area (Å²) in [5.41, 5.74) is 0.884. The summed E-state index contributed by atoms with van der Waals surface area (Å²) in [5.74, 6) is 1.00. The minimum absolute atomic E-state index is 0.0305. The standard InChI is InChI=1S/C15H17N3O4S/c19-23(20,13-6-7-21-10-13)18-8-12(9-18)15-16-14(17-22-15)11-4-2-1-3-5-11/h1-5,12-13H,6-10H2. The predicted molar refractivity (Wildman–Crippen MR) is 82.2 cm³/mol. The van der Waals surface area contributed by atoms with E-state index in [1.165, 1.54) is 4.31 Å². The van der Waals surface area contributed by atoms with Crippen LogP contribution >= 0.6 is 0 Å². The number of nitrogens with zero attached hydrogens (tertiary/aromatic N) is 3. The van der Waals surface area contributed by atoms with Gasteiger partial charge in [0, 0.05) is 25.3 Å². The second-order valence-electron chi connectivity index (χ2n) is 5.87. The largest absolute Gasteiger partial charge is 0.380 e. The minimum atomic E-state index is -3.27. The van der Waals surface area contributed by atoms with Crippen molar-refractivity contribution >= 4 is 10.0 Å². The van der Waals surface area contributed by atoms with E-state index in [4.69, 9.17) is 9.26 Å². The van der Waals surface area contributed by atoms with Gasteiger partial charge in [-0.25, -0.2) is 8.42 Å². The van der Waals surface area contributed by atoms with Crippen molar-refractivity contribution in [3.63, 3.8) is 0 Å². The molecule has 2 aliphatic heterocycles. The molecule has 1 aromatic carbocycles. The zero-order chi connectivity index (χ0) is 15.9. The van der Waals surface area contributed by atoms with Crippen LogP contribution in [0.15, 0.2) is 34.9 Å². The van der Waals surface area contributed by atoms with Crippen molar-refractivity contribution in [3.05, 3.63) is 36.2 Å². The smallest absolute Gasteiger partial charge is 0.232 e. The molecule has 8 heteroatoms. The first-order valence-electron chi connectivity index (χ1n) is 7.60. The zero-order valence-corrected chi connectivity index (χ0v) is 13.3. The van der Waals surface area contributed by atoms with Crippen LogP contribution in [0.4, 0.5) is 0 Å². The molecule has 3 heterocycles. The van der Waals surface area contributed by atoms with Crippen LogP contribution in [0.3, 0.4) is 0 Å². The van der Waals surface area contributed by atoms with Crippen LogP contribution in [-0.4, -0.2) is 54.4 Å². The SMILES string of the molecule is O=S(=O)(C1CCOC1)N1CC(c2nc(-c3ccccc3)no2)C1. The van der Waals surface area contributed by atoms with Crippen molar-refractivity contribution in [2.45, 2.75) is 17.6 Å². The lowest BCUT2D eigenvalue weighted by atomic mass is 10.0. The van der Waals surface area contributed by atoms with E-state index in [9.17, 15) is 8.42 Å². The van der Waals surface area contributed by atoms with Gasteiger partial charge in [0.1, 0.15) is 5.25 Å². The molecule has 2 saturated heterocycles. The lowest BCUT2D eigenvalue weighted by molar-refractivity contribution is 0.193. The summed E-state index contributed by atoms with van der Waals surface area (Å²) in [6.45, 7) is 1.61. The zero-order valence-electron chi connectivity index (χ0n) is 12.5. The molecule has 23 heavy (non-hydrogen) atoms. The van der Waals surface area contributed by atoms with Crippen LogP contribution in [0.2, 0.25) is 0 Å². The lowest BCUT2D eigenvalue weighted by Crippen LogP contribution is -2.51. The lowest BCUT2D eigenvalue weighted by Gasteiger charge is -2.37. The summed E-state index contributed by atoms with van der Waals surface area (Å²) in [6, 6.07) is 9.56. The number of benzene rings is 1. The molecular weight excluding hydrogens is 318 g/mol. The Morgan fingerprint density at radius 2 is 1.96 bits per heavy atom. The Kier molecular flexibility index (Phi) is 3.67. The van der Waals surface area contributed by atoms with Gasteiger partial charge in [0.2, 0.25) is 21.7 Å². The quantitative estimate of drug-likeness (QED) is 0.836. The van der Waals surface area contributed by atoms with Crippen LogP contribution < -0.4 is 0 Å². The molecule has 0 saturated carbocycles. The molecule has 0 bridgehead atoms. The third-order valence-corrected chi connectivity index (χ3v) is 6.57. The molecule has 2 aromatic rings. The highest BCUT2D eigenvalue weighted by molar-refractivity contribution is 7.89. The van der Waals surface area contributed by atoms with Gasteiger partial charge in [-0.1, -0.05) is 35.5 Å². The molecular formula is C15H17N3O4S. The van der Waals surface area contributed by atoms with Crippen LogP contribution in [0.25, 0.3) is 11.4 Å². The van der Waals surface area contributed by atoms with Gasteiger partial charge in [-0.2, -0.15) is 9.29 Å². The molecule has 0 amide bonds. The van der Waals surface area contributed by atoms with E-state index >= 15 is 0 Å². The van der Waals surface area contributed by atoms with Gasteiger partial charge in [-0.15, -0.1) is 0 Å². The van der Waals surface area contributed by atoms with E-state index in [1.54, 1.807) is 0 Å². The van der Waals surface area contributed by atoms with Gasteiger partial charge >= 0.3 is 0 Å². The summed E-state index contributed by atoms with van der Waals surface area (Å²) < 4.78 is 36.8. The molecule has 122 valence electrons. The highest BCUT2D eigenvalue weighted by atomic mass is 32.2. The average Bonchev–Trinajstić information content (AvgIpc) is 3.18. The van der Waals surface area contributed by atoms with Crippen molar-refractivity contribution in [2.24, 2.45) is 0 Å². The minimum Gasteiger partial charge on any atom is -0.380 e. The van der Waals surface area contributed by atoms with E-state index in [2.05, 4.69) is 10.1 Å². The first-order valence-corrected chi connectivity index (χ1v) is 9.10. The van der Waals surface area contributed by atoms with E-state index in [0.29, 0.717) is 44.4 Å². The number of aromatic nitrogens is 2. The second kappa shape index (κ2) is 5.70. The Balaban J connectivity index is 1.43. The van der Waals surface area contributed by atoms with Gasteiger partial charge in [-0.05, 0) is 6.42 Å². The molecule has 1 atom stereocenters. The van der Waals surface area contributed by atoms with E-state index in [0.717, 1.165) is 5.56 Å². The van der Waals surface area contributed by atoms with Gasteiger partial charge in [0.05, 0.1) is 12.5 Å². The van der Waals surface area contributed by atoms with Crippen LogP contribution in [0.5, 0.6) is 0 Å². The fourth-order valence-electron chi connectivity index (χ4n) is 2.87. The maximum absolute atomic E-state index is 12.4. The molecule has 4 rings (SSSR count). The highest BCUT2D eigenvalue weighted by Crippen LogP contribution is 2.32. The van der Waals surface area contributed by atoms with Crippen LogP contribution in [0.1, 0.15) is 18.2 Å². The molecule has 2 fully saturated rings. The molecule has 1 unspecified atom stereocenters. The molecule has 1 aromatic heterocycles. The number of ether oxygens (including phenoxy) is 1. The third-order valence-electron chi connectivity index (χ3n) is 4.34. The molecule has 7 nitrogen and oxygen atoms in total. The summed E-state index contributed by atoms with van der Waals surface area (Å²) in [7, 11) is -3.27. The average molecular weight is 335 g/mol. The number of rotatable bonds is 4. The highest BCUT2D eigenvalue weighted by Gasteiger charge is 2.44. The van der Waals surface area contributed by atoms with Gasteiger partial charge in [0.25, 0.3) is 0 Å². The van der Waals surface area contributed by atoms with Crippen molar-refractivity contribution < 1.29 is 17.7 Å². The summed E-state index contributed by atoms with van der Waals surface area (Å²) in [6.07, 6.45) is 0.572. The maximum atomic E-state index is 12.4. The fourth-order valence-corrected chi connectivity index (χ4v) is 4.73. The normalized spacial score (nSPS) is 23.0. The first kappa shape index (κ1) is 14.8. The molecule has 2 aliphatic rings. The predicted octanol–water partition coefficient (Wildman–Crippen LogP) is 1.25. The van der Waals surface area contributed by atoms with Gasteiger partial charge in [0.15, 0.2) is 0 Å². The summed E-state index contributed by atoms with van der Waals surface area (Å²) in [5, 5.41) is 3.57. The van der Waals surface area contributed by atoms with Crippen molar-refractivity contribution in [3.8, 4) is 11.4 Å². The Morgan fingerprint density at radius 3 is 2.65 bits per heavy atom. The molecule has 0 aliphatic carbocycles. The Bertz CT molecular complexity index is 778. The monoisotopic (exact) mass is 335 g/mol.